The average Bonchev–Trinajstić information content (AvgIpc) is 2.46. The summed E-state index contributed by atoms with van der Waals surface area (Å²) in [5.74, 6) is -0.428. The van der Waals surface area contributed by atoms with Gasteiger partial charge in [-0.1, -0.05) is 24.3 Å². The predicted molar refractivity (Wildman–Crippen MR) is 81.4 cm³/mol. The minimum absolute atomic E-state index is 0.380. The summed E-state index contributed by atoms with van der Waals surface area (Å²) >= 11 is 0. The maximum atomic E-state index is 11.7. The van der Waals surface area contributed by atoms with E-state index >= 15 is 0 Å². The van der Waals surface area contributed by atoms with Gasteiger partial charge in [0.25, 0.3) is 0 Å². The second-order valence-electron chi connectivity index (χ2n) is 4.58. The Hall–Kier alpha value is -2.49. The molecule has 0 saturated carbocycles. The first-order chi connectivity index (χ1) is 9.56. The first kappa shape index (κ1) is 13.9. The number of nitrogens with two attached hydrogens (primary N) is 1. The van der Waals surface area contributed by atoms with Crippen LogP contribution in [0.25, 0.3) is 0 Å². The van der Waals surface area contributed by atoms with Crippen molar-refractivity contribution >= 4 is 23.0 Å². The van der Waals surface area contributed by atoms with E-state index in [0.717, 1.165) is 16.9 Å². The first-order valence-electron chi connectivity index (χ1n) is 6.32. The van der Waals surface area contributed by atoms with Gasteiger partial charge in [0.05, 0.1) is 24.0 Å². The van der Waals surface area contributed by atoms with Gasteiger partial charge in [0.1, 0.15) is 0 Å². The number of benzene rings is 2. The molecule has 0 aliphatic carbocycles. The van der Waals surface area contributed by atoms with Crippen molar-refractivity contribution < 1.29 is 9.53 Å². The molecule has 0 aromatic heterocycles. The zero-order valence-electron chi connectivity index (χ0n) is 11.9. The zero-order chi connectivity index (χ0) is 14.7. The van der Waals surface area contributed by atoms with Crippen molar-refractivity contribution in [1.29, 1.82) is 0 Å². The van der Waals surface area contributed by atoms with E-state index < -0.39 is 5.97 Å². The Labute approximate surface area is 118 Å². The number of rotatable bonds is 3. The third-order valence-corrected chi connectivity index (χ3v) is 3.33. The van der Waals surface area contributed by atoms with E-state index in [4.69, 9.17) is 10.5 Å². The SMILES string of the molecule is COC(=O)c1cccc(N(C)c2ccccc2C)c1N. The molecule has 0 atom stereocenters. The van der Waals surface area contributed by atoms with Crippen molar-refractivity contribution in [3.8, 4) is 0 Å². The van der Waals surface area contributed by atoms with Crippen LogP contribution in [0.15, 0.2) is 42.5 Å². The highest BCUT2D eigenvalue weighted by Crippen LogP contribution is 2.32. The van der Waals surface area contributed by atoms with Gasteiger partial charge in [0.2, 0.25) is 0 Å². The van der Waals surface area contributed by atoms with Gasteiger partial charge in [-0.05, 0) is 30.7 Å². The molecule has 0 spiro atoms. The maximum absolute atomic E-state index is 11.7. The fourth-order valence-electron chi connectivity index (χ4n) is 2.20. The number of methoxy groups -OCH3 is 1. The molecule has 20 heavy (non-hydrogen) atoms. The van der Waals surface area contributed by atoms with E-state index in [0.29, 0.717) is 11.3 Å². The summed E-state index contributed by atoms with van der Waals surface area (Å²) in [6, 6.07) is 13.4. The van der Waals surface area contributed by atoms with Gasteiger partial charge < -0.3 is 15.4 Å². The summed E-state index contributed by atoms with van der Waals surface area (Å²) < 4.78 is 4.74. The molecule has 0 aliphatic heterocycles. The van der Waals surface area contributed by atoms with E-state index in [2.05, 4.69) is 0 Å². The summed E-state index contributed by atoms with van der Waals surface area (Å²) in [4.78, 5) is 13.7. The number of esters is 1. The van der Waals surface area contributed by atoms with E-state index in [9.17, 15) is 4.79 Å². The van der Waals surface area contributed by atoms with Crippen molar-refractivity contribution in [3.05, 3.63) is 53.6 Å². The number of para-hydroxylation sites is 2. The van der Waals surface area contributed by atoms with Crippen LogP contribution in [0.2, 0.25) is 0 Å². The van der Waals surface area contributed by atoms with Crippen molar-refractivity contribution in [2.24, 2.45) is 0 Å². The molecule has 0 unspecified atom stereocenters. The van der Waals surface area contributed by atoms with E-state index in [-0.39, 0.29) is 0 Å². The Morgan fingerprint density at radius 3 is 2.40 bits per heavy atom. The number of hydrogen-bond acceptors (Lipinski definition) is 4. The lowest BCUT2D eigenvalue weighted by Crippen LogP contribution is -2.15. The van der Waals surface area contributed by atoms with Crippen LogP contribution >= 0.6 is 0 Å². The Bertz CT molecular complexity index is 638. The average molecular weight is 270 g/mol. The van der Waals surface area contributed by atoms with Gasteiger partial charge >= 0.3 is 5.97 Å². The number of carbonyl (C=O) groups excluding carboxylic acids is 1. The molecule has 0 radical (unpaired) electrons. The highest BCUT2D eigenvalue weighted by atomic mass is 16.5. The summed E-state index contributed by atoms with van der Waals surface area (Å²) in [6.45, 7) is 2.03. The molecule has 0 fully saturated rings. The number of anilines is 3. The van der Waals surface area contributed by atoms with Gasteiger partial charge in [-0.2, -0.15) is 0 Å². The molecule has 0 saturated heterocycles. The molecule has 104 valence electrons. The molecule has 4 heteroatoms. The molecule has 2 aromatic carbocycles. The van der Waals surface area contributed by atoms with Crippen molar-refractivity contribution in [1.82, 2.24) is 0 Å². The maximum Gasteiger partial charge on any atom is 0.340 e. The lowest BCUT2D eigenvalue weighted by atomic mass is 10.1. The van der Waals surface area contributed by atoms with Crippen LogP contribution in [0.3, 0.4) is 0 Å². The van der Waals surface area contributed by atoms with Gasteiger partial charge in [-0.15, -0.1) is 0 Å². The van der Waals surface area contributed by atoms with Gasteiger partial charge in [-0.25, -0.2) is 4.79 Å². The number of ether oxygens (including phenoxy) is 1. The number of hydrogen-bond donors (Lipinski definition) is 1. The molecule has 0 heterocycles. The van der Waals surface area contributed by atoms with E-state index in [1.54, 1.807) is 12.1 Å². The first-order valence-corrected chi connectivity index (χ1v) is 6.32. The number of nitrogens with zero attached hydrogens (tertiary/aromatic N) is 1. The quantitative estimate of drug-likeness (QED) is 0.687. The number of carbonyl (C=O) groups is 1. The van der Waals surface area contributed by atoms with Crippen molar-refractivity contribution in [2.75, 3.05) is 24.8 Å². The molecule has 0 bridgehead atoms. The molecule has 4 nitrogen and oxygen atoms in total. The smallest absolute Gasteiger partial charge is 0.340 e. The van der Waals surface area contributed by atoms with E-state index in [1.165, 1.54) is 7.11 Å². The lowest BCUT2D eigenvalue weighted by Gasteiger charge is -2.23. The van der Waals surface area contributed by atoms with Crippen LogP contribution in [-0.2, 0) is 4.74 Å². The Morgan fingerprint density at radius 2 is 1.75 bits per heavy atom. The highest BCUT2D eigenvalue weighted by molar-refractivity contribution is 5.99. The third kappa shape index (κ3) is 2.45. The molecule has 0 aliphatic rings. The molecule has 0 amide bonds. The lowest BCUT2D eigenvalue weighted by molar-refractivity contribution is 0.0602. The number of nitrogen functional groups attached to an aromatic ring is 1. The summed E-state index contributed by atoms with van der Waals surface area (Å²) in [7, 11) is 3.27. The topological polar surface area (TPSA) is 55.6 Å². The largest absolute Gasteiger partial charge is 0.465 e. The molecular formula is C16H18N2O2. The molecule has 2 aromatic rings. The van der Waals surface area contributed by atoms with Crippen LogP contribution in [-0.4, -0.2) is 20.1 Å². The summed E-state index contributed by atoms with van der Waals surface area (Å²) in [5.41, 5.74) is 9.87. The minimum atomic E-state index is -0.428. The third-order valence-electron chi connectivity index (χ3n) is 3.33. The van der Waals surface area contributed by atoms with Crippen molar-refractivity contribution in [3.63, 3.8) is 0 Å². The minimum Gasteiger partial charge on any atom is -0.465 e. The second kappa shape index (κ2) is 5.65. The van der Waals surface area contributed by atoms with Crippen molar-refractivity contribution in [2.45, 2.75) is 6.92 Å². The van der Waals surface area contributed by atoms with Crippen LogP contribution < -0.4 is 10.6 Å². The monoisotopic (exact) mass is 270 g/mol. The summed E-state index contributed by atoms with van der Waals surface area (Å²) in [6.07, 6.45) is 0. The standard InChI is InChI=1S/C16H18N2O2/c1-11-7-4-5-9-13(11)18(2)14-10-6-8-12(15(14)17)16(19)20-3/h4-10H,17H2,1-3H3. The molecule has 2 N–H and O–H groups in total. The fourth-order valence-corrected chi connectivity index (χ4v) is 2.20. The van der Waals surface area contributed by atoms with Gasteiger partial charge in [0.15, 0.2) is 0 Å². The molecule has 2 rings (SSSR count). The Morgan fingerprint density at radius 1 is 1.10 bits per heavy atom. The van der Waals surface area contributed by atoms with Gasteiger partial charge in [-0.3, -0.25) is 0 Å². The Kier molecular flexibility index (Phi) is 3.94. The molecular weight excluding hydrogens is 252 g/mol. The van der Waals surface area contributed by atoms with Crippen LogP contribution in [0, 0.1) is 6.92 Å². The Balaban J connectivity index is 2.48. The fraction of sp³-hybridized carbons (Fsp3) is 0.188. The van der Waals surface area contributed by atoms with Crippen LogP contribution in [0.5, 0.6) is 0 Å². The highest BCUT2D eigenvalue weighted by Gasteiger charge is 2.16. The van der Waals surface area contributed by atoms with Crippen LogP contribution in [0.1, 0.15) is 15.9 Å². The predicted octanol–water partition coefficient (Wildman–Crippen LogP) is 3.13. The number of aryl methyl sites for hydroxylation is 1. The zero-order valence-corrected chi connectivity index (χ0v) is 11.9. The van der Waals surface area contributed by atoms with Gasteiger partial charge in [0, 0.05) is 12.7 Å². The van der Waals surface area contributed by atoms with E-state index in [1.807, 2.05) is 49.2 Å². The second-order valence-corrected chi connectivity index (χ2v) is 4.58. The normalized spacial score (nSPS) is 10.2. The van der Waals surface area contributed by atoms with Crippen LogP contribution in [0.4, 0.5) is 17.1 Å². The summed E-state index contributed by atoms with van der Waals surface area (Å²) in [5, 5.41) is 0.